The monoisotopic (exact) mass is 570 g/mol. The second-order valence-electron chi connectivity index (χ2n) is 13.7. The van der Waals surface area contributed by atoms with Crippen LogP contribution in [0.25, 0.3) is 98.1 Å². The highest BCUT2D eigenvalue weighted by molar-refractivity contribution is 6.34. The van der Waals surface area contributed by atoms with Crippen LogP contribution < -0.4 is 0 Å². The van der Waals surface area contributed by atoms with E-state index in [2.05, 4.69) is 144 Å². The van der Waals surface area contributed by atoms with Crippen LogP contribution in [0.5, 0.6) is 0 Å². The zero-order valence-corrected chi connectivity index (χ0v) is 24.9. The van der Waals surface area contributed by atoms with Gasteiger partial charge < -0.3 is 8.80 Å². The van der Waals surface area contributed by atoms with Crippen LogP contribution in [-0.2, 0) is 5.41 Å². The summed E-state index contributed by atoms with van der Waals surface area (Å²) in [6.07, 6.45) is 0. The molecule has 208 valence electrons. The Morgan fingerprint density at radius 1 is 0.422 bits per heavy atom. The summed E-state index contributed by atoms with van der Waals surface area (Å²) in [5.41, 5.74) is 13.4. The molecule has 12 rings (SSSR count). The van der Waals surface area contributed by atoms with Crippen LogP contribution >= 0.6 is 0 Å². The lowest BCUT2D eigenvalue weighted by Gasteiger charge is -2.22. The van der Waals surface area contributed by atoms with E-state index in [1.807, 2.05) is 0 Å². The number of hydrogen-bond acceptors (Lipinski definition) is 0. The van der Waals surface area contributed by atoms with E-state index in [0.717, 1.165) is 0 Å². The fourth-order valence-corrected chi connectivity index (χ4v) is 9.54. The van der Waals surface area contributed by atoms with Crippen molar-refractivity contribution >= 4 is 87.0 Å². The first-order valence-corrected chi connectivity index (χ1v) is 16.0. The van der Waals surface area contributed by atoms with E-state index in [-0.39, 0.29) is 5.41 Å². The summed E-state index contributed by atoms with van der Waals surface area (Å²) < 4.78 is 5.16. The maximum Gasteiger partial charge on any atom is 0.0627 e. The van der Waals surface area contributed by atoms with Gasteiger partial charge in [-0.05, 0) is 57.3 Å². The summed E-state index contributed by atoms with van der Waals surface area (Å²) >= 11 is 0. The number of hydrogen-bond donors (Lipinski definition) is 0. The fraction of sp³-hybridized carbons (Fsp3) is 0.0698. The number of para-hydroxylation sites is 2. The average Bonchev–Trinajstić information content (AvgIpc) is 3.83. The van der Waals surface area contributed by atoms with Gasteiger partial charge in [-0.2, -0.15) is 0 Å². The van der Waals surface area contributed by atoms with Crippen molar-refractivity contribution in [3.05, 3.63) is 132 Å². The van der Waals surface area contributed by atoms with E-state index in [1.165, 1.54) is 109 Å². The summed E-state index contributed by atoms with van der Waals surface area (Å²) in [4.78, 5) is 0. The van der Waals surface area contributed by atoms with E-state index in [0.29, 0.717) is 0 Å². The minimum Gasteiger partial charge on any atom is -0.308 e. The molecular formula is C43H26N2. The normalized spacial score (nSPS) is 14.6. The second kappa shape index (κ2) is 7.20. The van der Waals surface area contributed by atoms with Crippen LogP contribution in [0.3, 0.4) is 0 Å². The molecule has 0 unspecified atom stereocenters. The van der Waals surface area contributed by atoms with Crippen molar-refractivity contribution in [2.75, 3.05) is 0 Å². The maximum atomic E-state index is 2.64. The third-order valence-corrected chi connectivity index (χ3v) is 11.3. The van der Waals surface area contributed by atoms with E-state index < -0.39 is 0 Å². The van der Waals surface area contributed by atoms with Gasteiger partial charge in [-0.1, -0.05) is 111 Å². The van der Waals surface area contributed by atoms with Gasteiger partial charge in [-0.3, -0.25) is 0 Å². The highest BCUT2D eigenvalue weighted by Crippen LogP contribution is 2.54. The molecule has 1 aliphatic carbocycles. The average molecular weight is 571 g/mol. The van der Waals surface area contributed by atoms with Crippen molar-refractivity contribution in [2.45, 2.75) is 19.3 Å². The molecule has 0 saturated carbocycles. The molecule has 0 spiro atoms. The molecule has 1 aliphatic rings. The first-order valence-electron chi connectivity index (χ1n) is 16.0. The largest absolute Gasteiger partial charge is 0.308 e. The molecule has 0 radical (unpaired) electrons. The van der Waals surface area contributed by atoms with Crippen LogP contribution in [0, 0.1) is 0 Å². The summed E-state index contributed by atoms with van der Waals surface area (Å²) in [5, 5.41) is 13.3. The molecule has 0 saturated heterocycles. The van der Waals surface area contributed by atoms with Gasteiger partial charge in [0.25, 0.3) is 0 Å². The summed E-state index contributed by atoms with van der Waals surface area (Å²) in [6.45, 7) is 4.83. The number of fused-ring (bicyclic) bond motifs is 18. The SMILES string of the molecule is CC1(C)c2ccccc2-c2ccc3c4cc5ccccc5c5c6cc7c8cccc9c%10ccccc%10n(c7cc6n(c3c21)c45)c98. The van der Waals surface area contributed by atoms with E-state index in [4.69, 9.17) is 0 Å². The van der Waals surface area contributed by atoms with Gasteiger partial charge in [0.1, 0.15) is 0 Å². The van der Waals surface area contributed by atoms with Crippen LogP contribution in [-0.4, -0.2) is 8.80 Å². The quantitative estimate of drug-likeness (QED) is 0.171. The van der Waals surface area contributed by atoms with Gasteiger partial charge in [-0.15, -0.1) is 0 Å². The molecule has 45 heavy (non-hydrogen) atoms. The Labute approximate surface area is 258 Å². The predicted molar refractivity (Wildman–Crippen MR) is 191 cm³/mol. The molecule has 4 heterocycles. The molecule has 0 N–H and O–H groups in total. The third kappa shape index (κ3) is 2.37. The minimum absolute atomic E-state index is 0.114. The molecule has 0 fully saturated rings. The Kier molecular flexibility index (Phi) is 3.66. The lowest BCUT2D eigenvalue weighted by Crippen LogP contribution is -2.15. The Morgan fingerprint density at radius 2 is 1.13 bits per heavy atom. The van der Waals surface area contributed by atoms with Crippen molar-refractivity contribution < 1.29 is 0 Å². The summed E-state index contributed by atoms with van der Waals surface area (Å²) in [5.74, 6) is 0. The smallest absolute Gasteiger partial charge is 0.0627 e. The van der Waals surface area contributed by atoms with Gasteiger partial charge in [-0.25, -0.2) is 0 Å². The number of aromatic nitrogens is 2. The third-order valence-electron chi connectivity index (χ3n) is 11.3. The Balaban J connectivity index is 1.40. The lowest BCUT2D eigenvalue weighted by atomic mass is 9.81. The van der Waals surface area contributed by atoms with Gasteiger partial charge in [0.2, 0.25) is 0 Å². The summed E-state index contributed by atoms with van der Waals surface area (Å²) in [6, 6.07) is 45.9. The molecule has 0 aliphatic heterocycles. The van der Waals surface area contributed by atoms with E-state index in [1.54, 1.807) is 0 Å². The molecular weight excluding hydrogens is 544 g/mol. The molecule has 7 aromatic carbocycles. The molecule has 4 aromatic heterocycles. The van der Waals surface area contributed by atoms with Gasteiger partial charge >= 0.3 is 0 Å². The van der Waals surface area contributed by atoms with Crippen LogP contribution in [0.15, 0.2) is 121 Å². The van der Waals surface area contributed by atoms with Gasteiger partial charge in [0.15, 0.2) is 0 Å². The highest BCUT2D eigenvalue weighted by atomic mass is 14.9. The zero-order chi connectivity index (χ0) is 29.3. The van der Waals surface area contributed by atoms with Crippen LogP contribution in [0.4, 0.5) is 0 Å². The van der Waals surface area contributed by atoms with Gasteiger partial charge in [0.05, 0.1) is 33.1 Å². The topological polar surface area (TPSA) is 8.82 Å². The fourth-order valence-electron chi connectivity index (χ4n) is 9.54. The molecule has 11 aromatic rings. The predicted octanol–water partition coefficient (Wildman–Crippen LogP) is 11.4. The zero-order valence-electron chi connectivity index (χ0n) is 24.9. The number of rotatable bonds is 0. The summed E-state index contributed by atoms with van der Waals surface area (Å²) in [7, 11) is 0. The molecule has 0 bridgehead atoms. The van der Waals surface area contributed by atoms with Crippen molar-refractivity contribution in [1.29, 1.82) is 0 Å². The van der Waals surface area contributed by atoms with Crippen LogP contribution in [0.1, 0.15) is 25.0 Å². The molecule has 2 nitrogen and oxygen atoms in total. The Hall–Kier alpha value is -5.60. The first-order chi connectivity index (χ1) is 22.1. The minimum atomic E-state index is -0.114. The van der Waals surface area contributed by atoms with Gasteiger partial charge in [0, 0.05) is 48.5 Å². The van der Waals surface area contributed by atoms with Crippen molar-refractivity contribution in [2.24, 2.45) is 0 Å². The van der Waals surface area contributed by atoms with E-state index in [9.17, 15) is 0 Å². The molecule has 0 atom stereocenters. The lowest BCUT2D eigenvalue weighted by molar-refractivity contribution is 0.664. The molecule has 2 heteroatoms. The number of nitrogens with zero attached hydrogens (tertiary/aromatic N) is 2. The molecule has 0 amide bonds. The van der Waals surface area contributed by atoms with Crippen molar-refractivity contribution in [1.82, 2.24) is 8.80 Å². The van der Waals surface area contributed by atoms with Crippen molar-refractivity contribution in [3.8, 4) is 11.1 Å². The Morgan fingerprint density at radius 3 is 2.04 bits per heavy atom. The van der Waals surface area contributed by atoms with Crippen LogP contribution in [0.2, 0.25) is 0 Å². The van der Waals surface area contributed by atoms with Crippen molar-refractivity contribution in [3.63, 3.8) is 0 Å². The first kappa shape index (κ1) is 22.9. The standard InChI is InChI=1S/C43H26N2/c1-43(2)34-16-7-5-12-25(34)27-18-19-30-32-20-23-10-3-4-11-24(23)38-33-21-31-29-15-9-14-28-26-13-6-8-17-35(26)44(40(28)29)36(31)22-37(33)45(41(32)38)42(30)39(27)43/h3-22H,1-2H3. The highest BCUT2D eigenvalue weighted by Gasteiger charge is 2.38. The van der Waals surface area contributed by atoms with E-state index >= 15 is 0 Å². The number of benzene rings is 7. The Bertz CT molecular complexity index is 3110. The maximum absolute atomic E-state index is 2.64. The second-order valence-corrected chi connectivity index (χ2v) is 13.7.